The van der Waals surface area contributed by atoms with Crippen LogP contribution in [0, 0.1) is 5.92 Å². The van der Waals surface area contributed by atoms with Gasteiger partial charge in [-0.3, -0.25) is 9.69 Å². The lowest BCUT2D eigenvalue weighted by molar-refractivity contribution is -0.141. The van der Waals surface area contributed by atoms with Gasteiger partial charge < -0.3 is 20.4 Å². The molecule has 2 atom stereocenters. The summed E-state index contributed by atoms with van der Waals surface area (Å²) in [6.45, 7) is 3.65. The number of carbonyl (C=O) groups is 2. The molecule has 114 valence electrons. The van der Waals surface area contributed by atoms with Gasteiger partial charge in [-0.2, -0.15) is 0 Å². The van der Waals surface area contributed by atoms with Gasteiger partial charge in [0.1, 0.15) is 0 Å². The molecule has 2 amide bonds. The molecule has 2 aliphatic rings. The van der Waals surface area contributed by atoms with Crippen LogP contribution in [0.25, 0.3) is 0 Å². The van der Waals surface area contributed by atoms with E-state index in [1.165, 1.54) is 0 Å². The first kappa shape index (κ1) is 15.1. The molecule has 7 heteroatoms. The number of aliphatic hydroxyl groups excluding tert-OH is 1. The Hall–Kier alpha value is -1.34. The SMILES string of the molecule is O=C(O)[C@@H]1CC[C@H](NC(=O)N2CCN(CCO)CC2)C1. The number of β-amino-alcohol motifs (C(OH)–C–C–N with tert-alkyl or cyclic N) is 1. The molecule has 2 fully saturated rings. The van der Waals surface area contributed by atoms with Crippen molar-refractivity contribution < 1.29 is 19.8 Å². The van der Waals surface area contributed by atoms with Crippen LogP contribution in [-0.4, -0.2) is 77.4 Å². The minimum absolute atomic E-state index is 0.0147. The van der Waals surface area contributed by atoms with Crippen molar-refractivity contribution in [3.63, 3.8) is 0 Å². The lowest BCUT2D eigenvalue weighted by Crippen LogP contribution is -2.53. The second-order valence-electron chi connectivity index (χ2n) is 5.55. The first-order valence-electron chi connectivity index (χ1n) is 7.21. The van der Waals surface area contributed by atoms with E-state index in [1.807, 2.05) is 0 Å². The molecule has 1 aliphatic heterocycles. The van der Waals surface area contributed by atoms with Gasteiger partial charge in [-0.25, -0.2) is 4.79 Å². The normalized spacial score (nSPS) is 27.6. The number of nitrogens with one attached hydrogen (secondary N) is 1. The number of hydrogen-bond acceptors (Lipinski definition) is 4. The summed E-state index contributed by atoms with van der Waals surface area (Å²) >= 11 is 0. The Balaban J connectivity index is 1.72. The fourth-order valence-electron chi connectivity index (χ4n) is 2.92. The van der Waals surface area contributed by atoms with Gasteiger partial charge in [-0.15, -0.1) is 0 Å². The van der Waals surface area contributed by atoms with Crippen molar-refractivity contribution in [2.24, 2.45) is 5.92 Å². The molecule has 0 spiro atoms. The molecule has 0 aromatic carbocycles. The second-order valence-corrected chi connectivity index (χ2v) is 5.55. The van der Waals surface area contributed by atoms with E-state index < -0.39 is 5.97 Å². The van der Waals surface area contributed by atoms with Crippen LogP contribution in [0.2, 0.25) is 0 Å². The fourth-order valence-corrected chi connectivity index (χ4v) is 2.92. The monoisotopic (exact) mass is 285 g/mol. The standard InChI is InChI=1S/C13H23N3O4/c17-8-7-15-3-5-16(6-4-15)13(20)14-11-2-1-10(9-11)12(18)19/h10-11,17H,1-9H2,(H,14,20)(H,18,19)/t10-,11+/m1/s1. The third kappa shape index (κ3) is 3.83. The van der Waals surface area contributed by atoms with Crippen molar-refractivity contribution in [3.8, 4) is 0 Å². The Morgan fingerprint density at radius 3 is 2.40 bits per heavy atom. The van der Waals surface area contributed by atoms with Gasteiger partial charge in [0.15, 0.2) is 0 Å². The van der Waals surface area contributed by atoms with Crippen LogP contribution in [0.3, 0.4) is 0 Å². The Labute approximate surface area is 118 Å². The highest BCUT2D eigenvalue weighted by Gasteiger charge is 2.31. The maximum Gasteiger partial charge on any atom is 0.317 e. The summed E-state index contributed by atoms with van der Waals surface area (Å²) in [5.74, 6) is -1.08. The van der Waals surface area contributed by atoms with Crippen molar-refractivity contribution in [3.05, 3.63) is 0 Å². The first-order chi connectivity index (χ1) is 9.60. The molecular formula is C13H23N3O4. The molecule has 1 aliphatic carbocycles. The summed E-state index contributed by atoms with van der Waals surface area (Å²) in [6, 6.07) is -0.108. The number of carboxylic acid groups (broad SMARTS) is 1. The molecular weight excluding hydrogens is 262 g/mol. The highest BCUT2D eigenvalue weighted by atomic mass is 16.4. The van der Waals surface area contributed by atoms with Crippen LogP contribution in [-0.2, 0) is 4.79 Å². The summed E-state index contributed by atoms with van der Waals surface area (Å²) in [7, 11) is 0. The van der Waals surface area contributed by atoms with Gasteiger partial charge in [-0.05, 0) is 19.3 Å². The average molecular weight is 285 g/mol. The van der Waals surface area contributed by atoms with E-state index in [9.17, 15) is 9.59 Å². The van der Waals surface area contributed by atoms with Gasteiger partial charge in [0.05, 0.1) is 12.5 Å². The summed E-state index contributed by atoms with van der Waals surface area (Å²) < 4.78 is 0. The zero-order valence-corrected chi connectivity index (χ0v) is 11.6. The number of amides is 2. The number of aliphatic carboxylic acids is 1. The minimum atomic E-state index is -0.764. The molecule has 3 N–H and O–H groups in total. The molecule has 7 nitrogen and oxygen atoms in total. The Morgan fingerprint density at radius 2 is 1.85 bits per heavy atom. The van der Waals surface area contributed by atoms with E-state index in [2.05, 4.69) is 10.2 Å². The van der Waals surface area contributed by atoms with Crippen LogP contribution in [0.4, 0.5) is 4.79 Å². The summed E-state index contributed by atoms with van der Waals surface area (Å²) in [4.78, 5) is 26.9. The van der Waals surface area contributed by atoms with E-state index >= 15 is 0 Å². The number of carbonyl (C=O) groups excluding carboxylic acids is 1. The van der Waals surface area contributed by atoms with Crippen LogP contribution in [0.1, 0.15) is 19.3 Å². The number of piperazine rings is 1. The third-order valence-corrected chi connectivity index (χ3v) is 4.19. The second kappa shape index (κ2) is 6.90. The predicted octanol–water partition coefficient (Wildman–Crippen LogP) is -0.441. The molecule has 2 rings (SSSR count). The molecule has 0 aromatic heterocycles. The molecule has 1 saturated heterocycles. The lowest BCUT2D eigenvalue weighted by Gasteiger charge is -2.34. The topological polar surface area (TPSA) is 93.1 Å². The summed E-state index contributed by atoms with van der Waals surface area (Å²) in [6.07, 6.45) is 1.92. The number of hydrogen-bond donors (Lipinski definition) is 3. The first-order valence-corrected chi connectivity index (χ1v) is 7.21. The van der Waals surface area contributed by atoms with Crippen LogP contribution in [0.15, 0.2) is 0 Å². The van der Waals surface area contributed by atoms with Gasteiger partial charge in [0.2, 0.25) is 0 Å². The van der Waals surface area contributed by atoms with Crippen molar-refractivity contribution in [2.75, 3.05) is 39.3 Å². The molecule has 0 bridgehead atoms. The predicted molar refractivity (Wildman–Crippen MR) is 72.4 cm³/mol. The lowest BCUT2D eigenvalue weighted by atomic mass is 10.1. The van der Waals surface area contributed by atoms with Gasteiger partial charge in [0, 0.05) is 38.8 Å². The maximum atomic E-state index is 12.1. The highest BCUT2D eigenvalue weighted by molar-refractivity contribution is 5.75. The van der Waals surface area contributed by atoms with Crippen LogP contribution >= 0.6 is 0 Å². The number of aliphatic hydroxyl groups is 1. The van der Waals surface area contributed by atoms with E-state index in [0.29, 0.717) is 32.5 Å². The number of urea groups is 1. The Kier molecular flexibility index (Phi) is 5.19. The Morgan fingerprint density at radius 1 is 1.15 bits per heavy atom. The number of carboxylic acids is 1. The molecule has 0 aromatic rings. The maximum absolute atomic E-state index is 12.1. The summed E-state index contributed by atoms with van der Waals surface area (Å²) in [5, 5.41) is 20.8. The number of nitrogens with zero attached hydrogens (tertiary/aromatic N) is 2. The largest absolute Gasteiger partial charge is 0.481 e. The molecule has 0 unspecified atom stereocenters. The van der Waals surface area contributed by atoms with Crippen molar-refractivity contribution in [1.82, 2.24) is 15.1 Å². The van der Waals surface area contributed by atoms with Gasteiger partial charge in [0.25, 0.3) is 0 Å². The van der Waals surface area contributed by atoms with Crippen molar-refractivity contribution in [1.29, 1.82) is 0 Å². The minimum Gasteiger partial charge on any atom is -0.481 e. The zero-order valence-electron chi connectivity index (χ0n) is 11.6. The van der Waals surface area contributed by atoms with Crippen molar-refractivity contribution in [2.45, 2.75) is 25.3 Å². The average Bonchev–Trinajstić information content (AvgIpc) is 2.88. The van der Waals surface area contributed by atoms with E-state index in [4.69, 9.17) is 10.2 Å². The molecule has 0 radical (unpaired) electrons. The van der Waals surface area contributed by atoms with Crippen LogP contribution < -0.4 is 5.32 Å². The fraction of sp³-hybridized carbons (Fsp3) is 0.846. The zero-order chi connectivity index (χ0) is 14.5. The van der Waals surface area contributed by atoms with Gasteiger partial charge in [-0.1, -0.05) is 0 Å². The van der Waals surface area contributed by atoms with Crippen molar-refractivity contribution >= 4 is 12.0 Å². The Bertz CT molecular complexity index is 356. The highest BCUT2D eigenvalue weighted by Crippen LogP contribution is 2.25. The summed E-state index contributed by atoms with van der Waals surface area (Å²) in [5.41, 5.74) is 0. The number of rotatable bonds is 4. The quantitative estimate of drug-likeness (QED) is 0.651. The van der Waals surface area contributed by atoms with E-state index in [0.717, 1.165) is 19.5 Å². The van der Waals surface area contributed by atoms with E-state index in [1.54, 1.807) is 4.90 Å². The molecule has 20 heavy (non-hydrogen) atoms. The molecule has 1 heterocycles. The smallest absolute Gasteiger partial charge is 0.317 e. The third-order valence-electron chi connectivity index (χ3n) is 4.19. The van der Waals surface area contributed by atoms with E-state index in [-0.39, 0.29) is 24.6 Å². The molecule has 1 saturated carbocycles. The van der Waals surface area contributed by atoms with Crippen LogP contribution in [0.5, 0.6) is 0 Å². The van der Waals surface area contributed by atoms with Gasteiger partial charge >= 0.3 is 12.0 Å².